The van der Waals surface area contributed by atoms with Crippen molar-refractivity contribution >= 4 is 0 Å². The first-order valence-electron chi connectivity index (χ1n) is 5.50. The summed E-state index contributed by atoms with van der Waals surface area (Å²) in [6, 6.07) is 0. The Morgan fingerprint density at radius 2 is 2.43 bits per heavy atom. The van der Waals surface area contributed by atoms with E-state index >= 15 is 0 Å². The molecule has 1 unspecified atom stereocenters. The summed E-state index contributed by atoms with van der Waals surface area (Å²) in [5.74, 6) is 0. The predicted molar refractivity (Wildman–Crippen MR) is 55.2 cm³/mol. The van der Waals surface area contributed by atoms with Gasteiger partial charge in [-0.25, -0.2) is 0 Å². The third-order valence-corrected chi connectivity index (χ3v) is 3.78. The standard InChI is InChI=1S/C11H17N3/c1-14-7-9-6-11(4-5-12-8-11)3-2-10(9)13-14/h7,12H,2-6,8H2,1H3. The number of rotatable bonds is 0. The van der Waals surface area contributed by atoms with Crippen molar-refractivity contribution in [1.29, 1.82) is 0 Å². The van der Waals surface area contributed by atoms with Crippen molar-refractivity contribution in [3.8, 4) is 0 Å². The third-order valence-electron chi connectivity index (χ3n) is 3.78. The monoisotopic (exact) mass is 191 g/mol. The summed E-state index contributed by atoms with van der Waals surface area (Å²) in [4.78, 5) is 0. The van der Waals surface area contributed by atoms with Crippen molar-refractivity contribution in [3.05, 3.63) is 17.5 Å². The predicted octanol–water partition coefficient (Wildman–Crippen LogP) is 0.888. The van der Waals surface area contributed by atoms with Gasteiger partial charge in [-0.3, -0.25) is 4.68 Å². The molecule has 0 amide bonds. The van der Waals surface area contributed by atoms with Crippen LogP contribution in [0.1, 0.15) is 24.1 Å². The molecule has 14 heavy (non-hydrogen) atoms. The average Bonchev–Trinajstić information content (AvgIpc) is 2.72. The molecule has 1 aliphatic carbocycles. The van der Waals surface area contributed by atoms with E-state index in [1.807, 2.05) is 11.7 Å². The van der Waals surface area contributed by atoms with Crippen LogP contribution in [0.3, 0.4) is 0 Å². The molecule has 2 aliphatic rings. The Bertz CT molecular complexity index is 347. The number of aryl methyl sites for hydroxylation is 2. The van der Waals surface area contributed by atoms with E-state index < -0.39 is 0 Å². The molecule has 76 valence electrons. The lowest BCUT2D eigenvalue weighted by Gasteiger charge is -2.31. The minimum Gasteiger partial charge on any atom is -0.316 e. The van der Waals surface area contributed by atoms with Crippen LogP contribution in [0.4, 0.5) is 0 Å². The second-order valence-corrected chi connectivity index (χ2v) is 4.88. The van der Waals surface area contributed by atoms with E-state index in [2.05, 4.69) is 16.6 Å². The fourth-order valence-electron chi connectivity index (χ4n) is 2.98. The number of nitrogens with one attached hydrogen (secondary N) is 1. The zero-order chi connectivity index (χ0) is 9.60. The molecule has 3 nitrogen and oxygen atoms in total. The minimum atomic E-state index is 0.566. The van der Waals surface area contributed by atoms with E-state index in [0.717, 1.165) is 0 Å². The van der Waals surface area contributed by atoms with Gasteiger partial charge >= 0.3 is 0 Å². The van der Waals surface area contributed by atoms with Gasteiger partial charge in [0.25, 0.3) is 0 Å². The van der Waals surface area contributed by atoms with Crippen LogP contribution in [0.25, 0.3) is 0 Å². The number of nitrogens with zero attached hydrogens (tertiary/aromatic N) is 2. The van der Waals surface area contributed by atoms with Crippen LogP contribution in [-0.2, 0) is 19.9 Å². The minimum absolute atomic E-state index is 0.566. The van der Waals surface area contributed by atoms with Crippen LogP contribution in [0.2, 0.25) is 0 Å². The first-order valence-corrected chi connectivity index (χ1v) is 5.50. The van der Waals surface area contributed by atoms with Crippen molar-refractivity contribution in [2.75, 3.05) is 13.1 Å². The van der Waals surface area contributed by atoms with Gasteiger partial charge in [-0.1, -0.05) is 0 Å². The van der Waals surface area contributed by atoms with Gasteiger partial charge in [-0.05, 0) is 43.2 Å². The maximum atomic E-state index is 4.50. The molecule has 0 bridgehead atoms. The number of hydrogen-bond acceptors (Lipinski definition) is 2. The van der Waals surface area contributed by atoms with Gasteiger partial charge < -0.3 is 5.32 Å². The largest absolute Gasteiger partial charge is 0.316 e. The smallest absolute Gasteiger partial charge is 0.0656 e. The fraction of sp³-hybridized carbons (Fsp3) is 0.727. The van der Waals surface area contributed by atoms with Crippen LogP contribution in [-0.4, -0.2) is 22.9 Å². The first-order chi connectivity index (χ1) is 6.77. The molecule has 2 heterocycles. The first kappa shape index (κ1) is 8.48. The molecule has 1 N–H and O–H groups in total. The molecular weight excluding hydrogens is 174 g/mol. The van der Waals surface area contributed by atoms with E-state index in [9.17, 15) is 0 Å². The summed E-state index contributed by atoms with van der Waals surface area (Å²) in [6.07, 6.45) is 7.29. The lowest BCUT2D eigenvalue weighted by Crippen LogP contribution is -2.30. The van der Waals surface area contributed by atoms with Gasteiger partial charge in [-0.15, -0.1) is 0 Å². The van der Waals surface area contributed by atoms with Gasteiger partial charge in [0.2, 0.25) is 0 Å². The highest BCUT2D eigenvalue weighted by Gasteiger charge is 2.37. The molecule has 1 fully saturated rings. The lowest BCUT2D eigenvalue weighted by molar-refractivity contribution is 0.277. The molecule has 1 saturated heterocycles. The average molecular weight is 191 g/mol. The quantitative estimate of drug-likeness (QED) is 0.660. The second kappa shape index (κ2) is 2.83. The highest BCUT2D eigenvalue weighted by atomic mass is 15.3. The summed E-state index contributed by atoms with van der Waals surface area (Å²) in [7, 11) is 2.03. The van der Waals surface area contributed by atoms with Crippen molar-refractivity contribution in [3.63, 3.8) is 0 Å². The SMILES string of the molecule is Cn1cc2c(n1)CCC1(CCNC1)C2. The van der Waals surface area contributed by atoms with Gasteiger partial charge in [0.1, 0.15) is 0 Å². The third kappa shape index (κ3) is 1.19. The normalized spacial score (nSPS) is 30.9. The lowest BCUT2D eigenvalue weighted by atomic mass is 9.73. The Morgan fingerprint density at radius 3 is 3.21 bits per heavy atom. The van der Waals surface area contributed by atoms with E-state index in [1.54, 1.807) is 0 Å². The molecular formula is C11H17N3. The molecule has 1 aromatic heterocycles. The van der Waals surface area contributed by atoms with E-state index in [1.165, 1.54) is 50.0 Å². The summed E-state index contributed by atoms with van der Waals surface area (Å²) in [6.45, 7) is 2.41. The zero-order valence-corrected chi connectivity index (χ0v) is 8.71. The summed E-state index contributed by atoms with van der Waals surface area (Å²) in [5, 5.41) is 8.00. The molecule has 3 heteroatoms. The molecule has 1 spiro atoms. The Kier molecular flexibility index (Phi) is 1.71. The Morgan fingerprint density at radius 1 is 1.50 bits per heavy atom. The van der Waals surface area contributed by atoms with Crippen LogP contribution in [0.15, 0.2) is 6.20 Å². The Labute approximate surface area is 84.5 Å². The van der Waals surface area contributed by atoms with Gasteiger partial charge in [0, 0.05) is 19.8 Å². The Hall–Kier alpha value is -0.830. The summed E-state index contributed by atoms with van der Waals surface area (Å²) < 4.78 is 1.96. The van der Waals surface area contributed by atoms with E-state index in [4.69, 9.17) is 0 Å². The number of aromatic nitrogens is 2. The van der Waals surface area contributed by atoms with E-state index in [0.29, 0.717) is 5.41 Å². The van der Waals surface area contributed by atoms with Gasteiger partial charge in [0.05, 0.1) is 5.69 Å². The van der Waals surface area contributed by atoms with E-state index in [-0.39, 0.29) is 0 Å². The molecule has 0 radical (unpaired) electrons. The molecule has 1 aromatic rings. The maximum Gasteiger partial charge on any atom is 0.0656 e. The van der Waals surface area contributed by atoms with Gasteiger partial charge in [-0.2, -0.15) is 5.10 Å². The van der Waals surface area contributed by atoms with Crippen molar-refractivity contribution in [2.45, 2.75) is 25.7 Å². The van der Waals surface area contributed by atoms with Crippen LogP contribution in [0.5, 0.6) is 0 Å². The van der Waals surface area contributed by atoms with Crippen molar-refractivity contribution < 1.29 is 0 Å². The van der Waals surface area contributed by atoms with Crippen LogP contribution < -0.4 is 5.32 Å². The summed E-state index contributed by atoms with van der Waals surface area (Å²) >= 11 is 0. The molecule has 0 saturated carbocycles. The van der Waals surface area contributed by atoms with Gasteiger partial charge in [0.15, 0.2) is 0 Å². The molecule has 1 atom stereocenters. The summed E-state index contributed by atoms with van der Waals surface area (Å²) in [5.41, 5.74) is 3.39. The molecule has 0 aromatic carbocycles. The molecule has 1 aliphatic heterocycles. The highest BCUT2D eigenvalue weighted by Crippen LogP contribution is 2.39. The highest BCUT2D eigenvalue weighted by molar-refractivity contribution is 5.23. The van der Waals surface area contributed by atoms with Crippen LogP contribution >= 0.6 is 0 Å². The van der Waals surface area contributed by atoms with Crippen molar-refractivity contribution in [1.82, 2.24) is 15.1 Å². The number of fused-ring (bicyclic) bond motifs is 1. The maximum absolute atomic E-state index is 4.50. The second-order valence-electron chi connectivity index (χ2n) is 4.88. The topological polar surface area (TPSA) is 29.9 Å². The van der Waals surface area contributed by atoms with Crippen molar-refractivity contribution in [2.24, 2.45) is 12.5 Å². The Balaban J connectivity index is 1.92. The van der Waals surface area contributed by atoms with Crippen LogP contribution in [0, 0.1) is 5.41 Å². The molecule has 3 rings (SSSR count). The fourth-order valence-corrected chi connectivity index (χ4v) is 2.98. The number of hydrogen-bond donors (Lipinski definition) is 1. The zero-order valence-electron chi connectivity index (χ0n) is 8.71.